The second-order valence-corrected chi connectivity index (χ2v) is 11.5. The molecule has 2 amide bonds. The molecule has 4 aromatic rings. The van der Waals surface area contributed by atoms with Gasteiger partial charge in [0.2, 0.25) is 11.8 Å². The van der Waals surface area contributed by atoms with E-state index < -0.39 is 17.9 Å². The number of aromatic amines is 1. The SMILES string of the molecule is CN(CC(=O)NC1CCCC1)c1nc(Cc2ccc(NC(=O)Cc3ccc(-c4ccccc4)cc3)cc2)[nH]c(=O)c1CC(=O)O. The van der Waals surface area contributed by atoms with Crippen LogP contribution in [0.1, 0.15) is 48.2 Å². The maximum absolute atomic E-state index is 12.9. The molecular weight excluding hydrogens is 570 g/mol. The normalized spacial score (nSPS) is 12.9. The van der Waals surface area contributed by atoms with Crippen LogP contribution < -0.4 is 21.1 Å². The summed E-state index contributed by atoms with van der Waals surface area (Å²) in [5.41, 5.74) is 4.02. The van der Waals surface area contributed by atoms with Gasteiger partial charge in [0, 0.05) is 25.2 Å². The third-order valence-corrected chi connectivity index (χ3v) is 7.87. The number of anilines is 2. The zero-order valence-electron chi connectivity index (χ0n) is 25.2. The quantitative estimate of drug-likeness (QED) is 0.188. The number of aromatic nitrogens is 2. The van der Waals surface area contributed by atoms with Crippen molar-refractivity contribution in [3.8, 4) is 11.1 Å². The maximum atomic E-state index is 12.9. The number of carboxylic acids is 1. The number of carboxylic acid groups (broad SMARTS) is 1. The first kappa shape index (κ1) is 31.2. The summed E-state index contributed by atoms with van der Waals surface area (Å²) in [5, 5.41) is 15.3. The van der Waals surface area contributed by atoms with Gasteiger partial charge in [-0.15, -0.1) is 0 Å². The number of rotatable bonds is 12. The van der Waals surface area contributed by atoms with Gasteiger partial charge < -0.3 is 25.6 Å². The van der Waals surface area contributed by atoms with Crippen LogP contribution in [0, 0.1) is 0 Å². The Morgan fingerprint density at radius 3 is 2.18 bits per heavy atom. The molecule has 3 aromatic carbocycles. The highest BCUT2D eigenvalue weighted by molar-refractivity contribution is 5.92. The summed E-state index contributed by atoms with van der Waals surface area (Å²) < 4.78 is 0. The fourth-order valence-electron chi connectivity index (χ4n) is 5.61. The first-order valence-electron chi connectivity index (χ1n) is 15.1. The topological polar surface area (TPSA) is 144 Å². The largest absolute Gasteiger partial charge is 0.481 e. The van der Waals surface area contributed by atoms with E-state index in [1.54, 1.807) is 19.2 Å². The number of amides is 2. The zero-order chi connectivity index (χ0) is 31.8. The number of nitrogens with zero attached hydrogens (tertiary/aromatic N) is 2. The van der Waals surface area contributed by atoms with Crippen molar-refractivity contribution < 1.29 is 19.5 Å². The van der Waals surface area contributed by atoms with Crippen LogP contribution >= 0.6 is 0 Å². The smallest absolute Gasteiger partial charge is 0.308 e. The second kappa shape index (κ2) is 14.5. The van der Waals surface area contributed by atoms with Gasteiger partial charge in [-0.1, -0.05) is 79.6 Å². The Kier molecular flexibility index (Phi) is 10.0. The monoisotopic (exact) mass is 607 g/mol. The van der Waals surface area contributed by atoms with E-state index in [2.05, 4.69) is 20.6 Å². The van der Waals surface area contributed by atoms with E-state index >= 15 is 0 Å². The Balaban J connectivity index is 1.22. The number of benzene rings is 3. The van der Waals surface area contributed by atoms with Crippen LogP contribution in [0.5, 0.6) is 0 Å². The summed E-state index contributed by atoms with van der Waals surface area (Å²) >= 11 is 0. The van der Waals surface area contributed by atoms with Crippen LogP contribution in [0.15, 0.2) is 83.7 Å². The summed E-state index contributed by atoms with van der Waals surface area (Å²) in [5.74, 6) is -1.00. The first-order valence-corrected chi connectivity index (χ1v) is 15.1. The van der Waals surface area contributed by atoms with Gasteiger partial charge in [-0.2, -0.15) is 0 Å². The number of carbonyl (C=O) groups excluding carboxylic acids is 2. The van der Waals surface area contributed by atoms with Crippen LogP contribution in [-0.4, -0.2) is 52.5 Å². The van der Waals surface area contributed by atoms with E-state index in [-0.39, 0.29) is 48.6 Å². The molecule has 1 fully saturated rings. The average Bonchev–Trinajstić information content (AvgIpc) is 3.53. The molecule has 10 nitrogen and oxygen atoms in total. The van der Waals surface area contributed by atoms with Gasteiger partial charge in [0.15, 0.2) is 0 Å². The van der Waals surface area contributed by atoms with Crippen molar-refractivity contribution >= 4 is 29.3 Å². The summed E-state index contributed by atoms with van der Waals surface area (Å²) in [4.78, 5) is 58.6. The number of likely N-dealkylation sites (N-methyl/N-ethyl adjacent to an activating group) is 1. The van der Waals surface area contributed by atoms with E-state index in [1.165, 1.54) is 4.90 Å². The maximum Gasteiger partial charge on any atom is 0.308 e. The lowest BCUT2D eigenvalue weighted by Gasteiger charge is -2.22. The number of hydrogen-bond acceptors (Lipinski definition) is 6. The molecule has 1 saturated carbocycles. The molecule has 1 aliphatic carbocycles. The fourth-order valence-corrected chi connectivity index (χ4v) is 5.61. The molecule has 1 heterocycles. The number of H-pyrrole nitrogens is 1. The predicted molar refractivity (Wildman–Crippen MR) is 173 cm³/mol. The molecule has 0 aliphatic heterocycles. The van der Waals surface area contributed by atoms with Gasteiger partial charge in [-0.25, -0.2) is 4.98 Å². The average molecular weight is 608 g/mol. The molecule has 232 valence electrons. The Bertz CT molecular complexity index is 1700. The lowest BCUT2D eigenvalue weighted by atomic mass is 10.0. The van der Waals surface area contributed by atoms with Crippen molar-refractivity contribution in [1.82, 2.24) is 15.3 Å². The number of nitrogens with one attached hydrogen (secondary N) is 3. The van der Waals surface area contributed by atoms with Crippen molar-refractivity contribution in [3.05, 3.63) is 112 Å². The summed E-state index contributed by atoms with van der Waals surface area (Å²) in [6.07, 6.45) is 4.04. The van der Waals surface area contributed by atoms with E-state index in [1.807, 2.05) is 66.7 Å². The summed E-state index contributed by atoms with van der Waals surface area (Å²) in [6, 6.07) is 25.3. The highest BCUT2D eigenvalue weighted by atomic mass is 16.4. The fraction of sp³-hybridized carbons (Fsp3) is 0.286. The van der Waals surface area contributed by atoms with Gasteiger partial charge in [-0.05, 0) is 47.2 Å². The number of aliphatic carboxylic acids is 1. The molecule has 0 unspecified atom stereocenters. The minimum Gasteiger partial charge on any atom is -0.481 e. The molecule has 4 N–H and O–H groups in total. The Morgan fingerprint density at radius 2 is 1.51 bits per heavy atom. The standard InChI is InChI=1S/C35H37N5O5/c1-40(22-32(42)37-27-9-5-6-10-27)34-29(21-33(43)44)35(45)39-30(38-34)19-23-13-17-28(18-14-23)36-31(41)20-24-11-15-26(16-12-24)25-7-3-2-4-8-25/h2-4,7-8,11-18,27H,5-6,9-10,19-22H2,1H3,(H,36,41)(H,37,42)(H,43,44)(H,38,39,45). The molecule has 0 spiro atoms. The van der Waals surface area contributed by atoms with Gasteiger partial charge in [0.25, 0.3) is 5.56 Å². The van der Waals surface area contributed by atoms with Gasteiger partial charge in [0.05, 0.1) is 24.9 Å². The third kappa shape index (κ3) is 8.66. The molecule has 0 atom stereocenters. The summed E-state index contributed by atoms with van der Waals surface area (Å²) in [6.45, 7) is -0.0510. The van der Waals surface area contributed by atoms with Crippen LogP contribution in [0.25, 0.3) is 11.1 Å². The molecule has 45 heavy (non-hydrogen) atoms. The summed E-state index contributed by atoms with van der Waals surface area (Å²) in [7, 11) is 1.63. The van der Waals surface area contributed by atoms with E-state index in [0.29, 0.717) is 11.5 Å². The second-order valence-electron chi connectivity index (χ2n) is 11.5. The molecule has 1 aromatic heterocycles. The molecule has 0 bridgehead atoms. The minimum atomic E-state index is -1.16. The molecule has 0 radical (unpaired) electrons. The lowest BCUT2D eigenvalue weighted by Crippen LogP contribution is -2.41. The lowest BCUT2D eigenvalue weighted by molar-refractivity contribution is -0.136. The first-order chi connectivity index (χ1) is 21.7. The molecule has 10 heteroatoms. The minimum absolute atomic E-state index is 0.00446. The third-order valence-electron chi connectivity index (χ3n) is 7.87. The highest BCUT2D eigenvalue weighted by Gasteiger charge is 2.22. The van der Waals surface area contributed by atoms with Crippen LogP contribution in [0.4, 0.5) is 11.5 Å². The Labute approximate surface area is 261 Å². The Hall–Kier alpha value is -5.25. The van der Waals surface area contributed by atoms with E-state index in [4.69, 9.17) is 0 Å². The van der Waals surface area contributed by atoms with Crippen molar-refractivity contribution in [2.24, 2.45) is 0 Å². The number of hydrogen-bond donors (Lipinski definition) is 4. The van der Waals surface area contributed by atoms with Crippen molar-refractivity contribution in [3.63, 3.8) is 0 Å². The van der Waals surface area contributed by atoms with Crippen LogP contribution in [0.3, 0.4) is 0 Å². The molecular formula is C35H37N5O5. The zero-order valence-corrected chi connectivity index (χ0v) is 25.2. The van der Waals surface area contributed by atoms with Crippen molar-refractivity contribution in [2.45, 2.75) is 51.0 Å². The number of carbonyl (C=O) groups is 3. The Morgan fingerprint density at radius 1 is 0.867 bits per heavy atom. The molecule has 1 aliphatic rings. The van der Waals surface area contributed by atoms with Gasteiger partial charge in [-0.3, -0.25) is 19.2 Å². The van der Waals surface area contributed by atoms with Gasteiger partial charge in [0.1, 0.15) is 11.6 Å². The van der Waals surface area contributed by atoms with E-state index in [0.717, 1.165) is 47.9 Å². The highest BCUT2D eigenvalue weighted by Crippen LogP contribution is 2.21. The molecule has 5 rings (SSSR count). The van der Waals surface area contributed by atoms with Crippen molar-refractivity contribution in [1.29, 1.82) is 0 Å². The molecule has 0 saturated heterocycles. The van der Waals surface area contributed by atoms with E-state index in [9.17, 15) is 24.3 Å². The van der Waals surface area contributed by atoms with Crippen molar-refractivity contribution in [2.75, 3.05) is 23.8 Å². The van der Waals surface area contributed by atoms with Crippen LogP contribution in [0.2, 0.25) is 0 Å². The predicted octanol–water partition coefficient (Wildman–Crippen LogP) is 4.33. The van der Waals surface area contributed by atoms with Gasteiger partial charge >= 0.3 is 5.97 Å². The van der Waals surface area contributed by atoms with Crippen LogP contribution in [-0.2, 0) is 33.6 Å².